The minimum absolute atomic E-state index is 0.00220. The topological polar surface area (TPSA) is 15.7 Å². The third-order valence-electron chi connectivity index (χ3n) is 2.81. The van der Waals surface area contributed by atoms with Gasteiger partial charge in [-0.25, -0.2) is 0 Å². The van der Waals surface area contributed by atoms with E-state index < -0.39 is 0 Å². The summed E-state index contributed by atoms with van der Waals surface area (Å²) in [7, 11) is 0. The maximum Gasteiger partial charge on any atom is 0.0600 e. The molecule has 1 heterocycles. The Bertz CT molecular complexity index is 186. The molecule has 1 aliphatic rings. The summed E-state index contributed by atoms with van der Waals surface area (Å²) in [6.07, 6.45) is 0. The Morgan fingerprint density at radius 3 is 1.94 bits per heavy atom. The number of alkyl halides is 1. The lowest BCUT2D eigenvalue weighted by Gasteiger charge is -2.34. The van der Waals surface area contributed by atoms with Crippen LogP contribution >= 0.6 is 15.9 Å². The van der Waals surface area contributed by atoms with E-state index in [-0.39, 0.29) is 5.60 Å². The monoisotopic (exact) mass is 292 g/mol. The Labute approximate surface area is 108 Å². The third kappa shape index (κ3) is 6.18. The Balaban J connectivity index is 2.08. The number of halogens is 1. The molecule has 1 aliphatic heterocycles. The van der Waals surface area contributed by atoms with Gasteiger partial charge >= 0.3 is 0 Å². The Hall–Kier alpha value is 0.360. The number of ether oxygens (including phenoxy) is 1. The Morgan fingerprint density at radius 2 is 1.50 bits per heavy atom. The molecule has 96 valence electrons. The van der Waals surface area contributed by atoms with Crippen molar-refractivity contribution >= 4 is 15.9 Å². The molecule has 0 amide bonds. The summed E-state index contributed by atoms with van der Waals surface area (Å²) < 4.78 is 5.74. The van der Waals surface area contributed by atoms with Gasteiger partial charge in [0.1, 0.15) is 0 Å². The fraction of sp³-hybridized carbons (Fsp3) is 1.00. The zero-order valence-corrected chi connectivity index (χ0v) is 12.4. The van der Waals surface area contributed by atoms with E-state index in [0.717, 1.165) is 18.5 Å². The van der Waals surface area contributed by atoms with Crippen LogP contribution in [0.2, 0.25) is 0 Å². The van der Waals surface area contributed by atoms with E-state index in [0.29, 0.717) is 0 Å². The van der Waals surface area contributed by atoms with Gasteiger partial charge in [0, 0.05) is 44.6 Å². The molecule has 0 aliphatic carbocycles. The normalized spacial score (nSPS) is 20.2. The standard InChI is InChI=1S/C12H25BrN2O/c1-12(2,3)16-11-10-15-8-6-14(5-4-13)7-9-15/h4-11H2,1-3H3. The van der Waals surface area contributed by atoms with Crippen LogP contribution in [-0.4, -0.2) is 66.6 Å². The average Bonchev–Trinajstić information content (AvgIpc) is 2.19. The highest BCUT2D eigenvalue weighted by molar-refractivity contribution is 9.09. The van der Waals surface area contributed by atoms with E-state index in [1.807, 2.05) is 0 Å². The highest BCUT2D eigenvalue weighted by atomic mass is 79.9. The summed E-state index contributed by atoms with van der Waals surface area (Å²) in [5, 5.41) is 1.08. The van der Waals surface area contributed by atoms with Crippen molar-refractivity contribution in [3.05, 3.63) is 0 Å². The molecule has 0 aromatic carbocycles. The number of hydrogen-bond acceptors (Lipinski definition) is 3. The maximum absolute atomic E-state index is 5.74. The first kappa shape index (κ1) is 14.4. The van der Waals surface area contributed by atoms with Crippen molar-refractivity contribution in [1.29, 1.82) is 0 Å². The smallest absolute Gasteiger partial charge is 0.0600 e. The first-order chi connectivity index (χ1) is 7.51. The molecule has 1 fully saturated rings. The van der Waals surface area contributed by atoms with E-state index in [4.69, 9.17) is 4.74 Å². The second-order valence-electron chi connectivity index (χ2n) is 5.33. The Morgan fingerprint density at radius 1 is 1.00 bits per heavy atom. The number of nitrogens with zero attached hydrogens (tertiary/aromatic N) is 2. The van der Waals surface area contributed by atoms with Crippen LogP contribution in [0.1, 0.15) is 20.8 Å². The highest BCUT2D eigenvalue weighted by Gasteiger charge is 2.17. The molecule has 0 aromatic heterocycles. The minimum Gasteiger partial charge on any atom is -0.375 e. The van der Waals surface area contributed by atoms with Crippen LogP contribution in [0.5, 0.6) is 0 Å². The third-order valence-corrected chi connectivity index (χ3v) is 3.16. The SMILES string of the molecule is CC(C)(C)OCCN1CCN(CCBr)CC1. The number of hydrogen-bond donors (Lipinski definition) is 0. The van der Waals surface area contributed by atoms with E-state index in [1.165, 1.54) is 32.7 Å². The zero-order chi connectivity index (χ0) is 12.0. The molecule has 1 saturated heterocycles. The summed E-state index contributed by atoms with van der Waals surface area (Å²) >= 11 is 3.49. The molecular formula is C12H25BrN2O. The lowest BCUT2D eigenvalue weighted by Crippen LogP contribution is -2.47. The first-order valence-corrected chi connectivity index (χ1v) is 7.28. The quantitative estimate of drug-likeness (QED) is 0.719. The molecule has 0 unspecified atom stereocenters. The fourth-order valence-corrected chi connectivity index (χ4v) is 2.34. The number of rotatable bonds is 5. The minimum atomic E-state index is -0.00220. The van der Waals surface area contributed by atoms with Crippen molar-refractivity contribution in [3.8, 4) is 0 Å². The molecule has 0 saturated carbocycles. The zero-order valence-electron chi connectivity index (χ0n) is 10.8. The van der Waals surface area contributed by atoms with Gasteiger partial charge in [0.2, 0.25) is 0 Å². The maximum atomic E-state index is 5.74. The van der Waals surface area contributed by atoms with Crippen molar-refractivity contribution in [3.63, 3.8) is 0 Å². The van der Waals surface area contributed by atoms with E-state index in [9.17, 15) is 0 Å². The molecule has 0 N–H and O–H groups in total. The van der Waals surface area contributed by atoms with Crippen LogP contribution in [0.15, 0.2) is 0 Å². The predicted molar refractivity (Wildman–Crippen MR) is 72.4 cm³/mol. The molecule has 3 nitrogen and oxygen atoms in total. The van der Waals surface area contributed by atoms with E-state index in [1.54, 1.807) is 0 Å². The van der Waals surface area contributed by atoms with Gasteiger partial charge in [0.15, 0.2) is 0 Å². The van der Waals surface area contributed by atoms with Gasteiger partial charge in [-0.3, -0.25) is 9.80 Å². The molecule has 0 aromatic rings. The van der Waals surface area contributed by atoms with Gasteiger partial charge in [-0.05, 0) is 20.8 Å². The van der Waals surface area contributed by atoms with Gasteiger partial charge in [-0.2, -0.15) is 0 Å². The van der Waals surface area contributed by atoms with Gasteiger partial charge in [0.25, 0.3) is 0 Å². The second-order valence-corrected chi connectivity index (χ2v) is 6.13. The molecule has 0 spiro atoms. The molecular weight excluding hydrogens is 268 g/mol. The summed E-state index contributed by atoms with van der Waals surface area (Å²) in [5.74, 6) is 0. The van der Waals surface area contributed by atoms with Crippen LogP contribution in [0.3, 0.4) is 0 Å². The van der Waals surface area contributed by atoms with Gasteiger partial charge < -0.3 is 4.74 Å². The van der Waals surface area contributed by atoms with Crippen LogP contribution in [0.25, 0.3) is 0 Å². The lowest BCUT2D eigenvalue weighted by atomic mass is 10.2. The molecule has 16 heavy (non-hydrogen) atoms. The van der Waals surface area contributed by atoms with Crippen molar-refractivity contribution in [2.24, 2.45) is 0 Å². The van der Waals surface area contributed by atoms with Gasteiger partial charge in [0.05, 0.1) is 12.2 Å². The first-order valence-electron chi connectivity index (χ1n) is 6.16. The summed E-state index contributed by atoms with van der Waals surface area (Å²) in [6.45, 7) is 14.2. The summed E-state index contributed by atoms with van der Waals surface area (Å²) in [6, 6.07) is 0. The highest BCUT2D eigenvalue weighted by Crippen LogP contribution is 2.07. The van der Waals surface area contributed by atoms with Crippen LogP contribution < -0.4 is 0 Å². The van der Waals surface area contributed by atoms with Crippen molar-refractivity contribution in [2.45, 2.75) is 26.4 Å². The average molecular weight is 293 g/mol. The van der Waals surface area contributed by atoms with E-state index >= 15 is 0 Å². The molecule has 4 heteroatoms. The summed E-state index contributed by atoms with van der Waals surface area (Å²) in [5.41, 5.74) is -0.00220. The van der Waals surface area contributed by atoms with Gasteiger partial charge in [-0.15, -0.1) is 0 Å². The van der Waals surface area contributed by atoms with Crippen LogP contribution in [0, 0.1) is 0 Å². The number of piperazine rings is 1. The molecule has 0 atom stereocenters. The molecule has 1 rings (SSSR count). The second kappa shape index (κ2) is 6.94. The van der Waals surface area contributed by atoms with Crippen LogP contribution in [-0.2, 0) is 4.74 Å². The lowest BCUT2D eigenvalue weighted by molar-refractivity contribution is -0.0175. The fourth-order valence-electron chi connectivity index (χ4n) is 1.84. The largest absolute Gasteiger partial charge is 0.375 e. The Kier molecular flexibility index (Phi) is 6.26. The van der Waals surface area contributed by atoms with E-state index in [2.05, 4.69) is 46.5 Å². The van der Waals surface area contributed by atoms with Crippen LogP contribution in [0.4, 0.5) is 0 Å². The summed E-state index contributed by atoms with van der Waals surface area (Å²) in [4.78, 5) is 5.01. The molecule has 0 radical (unpaired) electrons. The van der Waals surface area contributed by atoms with Crippen molar-refractivity contribution in [2.75, 3.05) is 51.2 Å². The van der Waals surface area contributed by atoms with Crippen molar-refractivity contribution < 1.29 is 4.74 Å². The van der Waals surface area contributed by atoms with Gasteiger partial charge in [-0.1, -0.05) is 15.9 Å². The predicted octanol–water partition coefficient (Wildman–Crippen LogP) is 1.81. The van der Waals surface area contributed by atoms with Crippen molar-refractivity contribution in [1.82, 2.24) is 9.80 Å². The molecule has 0 bridgehead atoms.